The summed E-state index contributed by atoms with van der Waals surface area (Å²) in [6.07, 6.45) is -0.519. The van der Waals surface area contributed by atoms with E-state index in [-0.39, 0.29) is 19.1 Å². The van der Waals surface area contributed by atoms with E-state index in [2.05, 4.69) is 5.32 Å². The fourth-order valence-electron chi connectivity index (χ4n) is 3.09. The maximum atomic E-state index is 12.0. The van der Waals surface area contributed by atoms with Crippen LogP contribution in [0.25, 0.3) is 0 Å². The molecule has 0 saturated carbocycles. The molecule has 1 unspecified atom stereocenters. The van der Waals surface area contributed by atoms with Crippen LogP contribution in [0.4, 0.5) is 10.5 Å². The number of fused-ring (bicyclic) bond motifs is 1. The van der Waals surface area contributed by atoms with E-state index >= 15 is 0 Å². The number of carboxylic acids is 1. The molecule has 0 fully saturated rings. The molecule has 1 aliphatic rings. The van der Waals surface area contributed by atoms with Crippen molar-refractivity contribution >= 4 is 17.7 Å². The summed E-state index contributed by atoms with van der Waals surface area (Å²) < 4.78 is 16.2. The van der Waals surface area contributed by atoms with E-state index in [1.54, 1.807) is 38.1 Å². The van der Waals surface area contributed by atoms with Gasteiger partial charge in [0.2, 0.25) is 0 Å². The van der Waals surface area contributed by atoms with Gasteiger partial charge in [0.15, 0.2) is 6.10 Å². The van der Waals surface area contributed by atoms with Crippen LogP contribution in [0.3, 0.4) is 0 Å². The number of hydrogen-bond donors (Lipinski definition) is 2. The minimum absolute atomic E-state index is 0.171. The standard InChI is InChI=1S/C22H25NO6/c1-14(2)29-20(21(24)25)12-15-3-6-18(7-4-15)23-22(26)28-13-16-5-8-19-17(11-16)9-10-27-19/h3-8,11,14,20H,9-10,12-13H2,1-2H3,(H,23,26)(H,24,25). The van der Waals surface area contributed by atoms with Gasteiger partial charge in [-0.1, -0.05) is 18.2 Å². The molecule has 1 amide bonds. The molecule has 0 aliphatic carbocycles. The Kier molecular flexibility index (Phi) is 6.72. The Morgan fingerprint density at radius 3 is 2.55 bits per heavy atom. The topological polar surface area (TPSA) is 94.1 Å². The van der Waals surface area contributed by atoms with E-state index < -0.39 is 18.2 Å². The van der Waals surface area contributed by atoms with Crippen LogP contribution >= 0.6 is 0 Å². The van der Waals surface area contributed by atoms with Crippen LogP contribution in [0.1, 0.15) is 30.5 Å². The highest BCUT2D eigenvalue weighted by atomic mass is 16.5. The lowest BCUT2D eigenvalue weighted by molar-refractivity contribution is -0.153. The SMILES string of the molecule is CC(C)OC(Cc1ccc(NC(=O)OCc2ccc3c(c2)CCO3)cc1)C(=O)O. The lowest BCUT2D eigenvalue weighted by Crippen LogP contribution is -2.29. The maximum Gasteiger partial charge on any atom is 0.411 e. The number of nitrogens with one attached hydrogen (secondary N) is 1. The minimum atomic E-state index is -0.998. The predicted octanol–water partition coefficient (Wildman–Crippen LogP) is 3.79. The van der Waals surface area contributed by atoms with E-state index in [9.17, 15) is 14.7 Å². The highest BCUT2D eigenvalue weighted by Gasteiger charge is 2.20. The Morgan fingerprint density at radius 2 is 1.86 bits per heavy atom. The number of carboxylic acid groups (broad SMARTS) is 1. The van der Waals surface area contributed by atoms with Crippen molar-refractivity contribution in [2.75, 3.05) is 11.9 Å². The Hall–Kier alpha value is -3.06. The first-order valence-electron chi connectivity index (χ1n) is 9.56. The molecule has 0 aromatic heterocycles. The van der Waals surface area contributed by atoms with Crippen molar-refractivity contribution in [2.45, 2.75) is 45.5 Å². The van der Waals surface area contributed by atoms with Gasteiger partial charge in [0.05, 0.1) is 12.7 Å². The largest absolute Gasteiger partial charge is 0.493 e. The van der Waals surface area contributed by atoms with Gasteiger partial charge in [0.1, 0.15) is 12.4 Å². The molecule has 3 rings (SSSR count). The molecule has 7 heteroatoms. The number of amides is 1. The lowest BCUT2D eigenvalue weighted by atomic mass is 10.1. The van der Waals surface area contributed by atoms with Crippen LogP contribution in [0, 0.1) is 0 Å². The first-order chi connectivity index (χ1) is 13.9. The van der Waals surface area contributed by atoms with E-state index in [4.69, 9.17) is 14.2 Å². The van der Waals surface area contributed by atoms with E-state index in [1.165, 1.54) is 0 Å². The van der Waals surface area contributed by atoms with Crippen LogP contribution in [-0.2, 0) is 33.7 Å². The number of aliphatic carboxylic acids is 1. The molecule has 2 N–H and O–H groups in total. The first kappa shape index (κ1) is 20.7. The number of carbonyl (C=O) groups is 2. The second-order valence-electron chi connectivity index (χ2n) is 7.15. The molecule has 29 heavy (non-hydrogen) atoms. The van der Waals surface area contributed by atoms with Crippen LogP contribution in [-0.4, -0.2) is 36.0 Å². The van der Waals surface area contributed by atoms with Crippen molar-refractivity contribution in [3.63, 3.8) is 0 Å². The van der Waals surface area contributed by atoms with Crippen LogP contribution in [0.2, 0.25) is 0 Å². The number of carbonyl (C=O) groups excluding carboxylic acids is 1. The fraction of sp³-hybridized carbons (Fsp3) is 0.364. The van der Waals surface area contributed by atoms with Crippen LogP contribution in [0.15, 0.2) is 42.5 Å². The summed E-state index contributed by atoms with van der Waals surface area (Å²) in [5.41, 5.74) is 3.41. The second kappa shape index (κ2) is 9.43. The van der Waals surface area contributed by atoms with Gasteiger partial charge in [-0.15, -0.1) is 0 Å². The molecule has 2 aromatic carbocycles. The molecular formula is C22H25NO6. The van der Waals surface area contributed by atoms with E-state index in [1.807, 2.05) is 18.2 Å². The second-order valence-corrected chi connectivity index (χ2v) is 7.15. The molecule has 0 bridgehead atoms. The van der Waals surface area contributed by atoms with Gasteiger partial charge in [0, 0.05) is 18.5 Å². The third kappa shape index (κ3) is 5.96. The van der Waals surface area contributed by atoms with Crippen molar-refractivity contribution in [1.29, 1.82) is 0 Å². The van der Waals surface area contributed by atoms with Gasteiger partial charge >= 0.3 is 12.1 Å². The summed E-state index contributed by atoms with van der Waals surface area (Å²) in [5.74, 6) is -0.107. The van der Waals surface area contributed by atoms with Gasteiger partial charge in [-0.25, -0.2) is 9.59 Å². The third-order valence-corrected chi connectivity index (χ3v) is 4.46. The molecule has 7 nitrogen and oxygen atoms in total. The molecule has 154 valence electrons. The van der Waals surface area contributed by atoms with Crippen LogP contribution < -0.4 is 10.1 Å². The van der Waals surface area contributed by atoms with Crippen molar-refractivity contribution in [3.05, 3.63) is 59.2 Å². The van der Waals surface area contributed by atoms with E-state index in [0.29, 0.717) is 12.3 Å². The van der Waals surface area contributed by atoms with Crippen LogP contribution in [0.5, 0.6) is 5.75 Å². The number of benzene rings is 2. The lowest BCUT2D eigenvalue weighted by Gasteiger charge is -2.16. The Labute approximate surface area is 169 Å². The van der Waals surface area contributed by atoms with E-state index in [0.717, 1.165) is 28.9 Å². The van der Waals surface area contributed by atoms with Gasteiger partial charge in [-0.2, -0.15) is 0 Å². The Balaban J connectivity index is 1.50. The summed E-state index contributed by atoms with van der Waals surface area (Å²) in [6.45, 7) is 4.45. The predicted molar refractivity (Wildman–Crippen MR) is 107 cm³/mol. The van der Waals surface area contributed by atoms with Gasteiger partial charge in [-0.05, 0) is 54.8 Å². The van der Waals surface area contributed by atoms with Crippen molar-refractivity contribution in [3.8, 4) is 5.75 Å². The smallest absolute Gasteiger partial charge is 0.411 e. The summed E-state index contributed by atoms with van der Waals surface area (Å²) in [6, 6.07) is 12.7. The van der Waals surface area contributed by atoms with Gasteiger partial charge in [0.25, 0.3) is 0 Å². The number of ether oxygens (including phenoxy) is 3. The summed E-state index contributed by atoms with van der Waals surface area (Å²) in [4.78, 5) is 23.3. The number of hydrogen-bond acceptors (Lipinski definition) is 5. The number of rotatable bonds is 8. The molecule has 2 aromatic rings. The highest BCUT2D eigenvalue weighted by Crippen LogP contribution is 2.26. The molecule has 0 spiro atoms. The average Bonchev–Trinajstić information content (AvgIpc) is 3.15. The summed E-state index contributed by atoms with van der Waals surface area (Å²) in [7, 11) is 0. The molecule has 1 atom stereocenters. The molecule has 1 aliphatic heterocycles. The summed E-state index contributed by atoms with van der Waals surface area (Å²) in [5, 5.41) is 11.9. The molecule has 0 radical (unpaired) electrons. The zero-order valence-corrected chi connectivity index (χ0v) is 16.5. The van der Waals surface area contributed by atoms with Crippen molar-refractivity contribution in [1.82, 2.24) is 0 Å². The Morgan fingerprint density at radius 1 is 1.14 bits per heavy atom. The maximum absolute atomic E-state index is 12.0. The third-order valence-electron chi connectivity index (χ3n) is 4.46. The minimum Gasteiger partial charge on any atom is -0.493 e. The highest BCUT2D eigenvalue weighted by molar-refractivity contribution is 5.84. The normalized spacial score (nSPS) is 13.5. The zero-order valence-electron chi connectivity index (χ0n) is 16.5. The fourth-order valence-corrected chi connectivity index (χ4v) is 3.09. The monoisotopic (exact) mass is 399 g/mol. The quantitative estimate of drug-likeness (QED) is 0.701. The summed E-state index contributed by atoms with van der Waals surface area (Å²) >= 11 is 0. The average molecular weight is 399 g/mol. The molecular weight excluding hydrogens is 374 g/mol. The first-order valence-corrected chi connectivity index (χ1v) is 9.56. The van der Waals surface area contributed by atoms with Gasteiger partial charge < -0.3 is 19.3 Å². The van der Waals surface area contributed by atoms with Crippen molar-refractivity contribution < 1.29 is 28.9 Å². The van der Waals surface area contributed by atoms with Gasteiger partial charge in [-0.3, -0.25) is 5.32 Å². The molecule has 0 saturated heterocycles. The zero-order chi connectivity index (χ0) is 20.8. The number of anilines is 1. The van der Waals surface area contributed by atoms with Crippen molar-refractivity contribution in [2.24, 2.45) is 0 Å². The molecule has 1 heterocycles. The Bertz CT molecular complexity index is 862.